The molecule has 60 heavy (non-hydrogen) atoms. The van der Waals surface area contributed by atoms with Crippen molar-refractivity contribution in [3.63, 3.8) is 0 Å². The highest BCUT2D eigenvalue weighted by Gasteiger charge is 2.41. The number of nitriles is 1. The molecule has 4 atom stereocenters. The zero-order chi connectivity index (χ0) is 41.9. The topological polar surface area (TPSA) is 163 Å². The predicted molar refractivity (Wildman–Crippen MR) is 213 cm³/mol. The lowest BCUT2D eigenvalue weighted by molar-refractivity contribution is -0.144. The molecule has 1 amide bonds. The van der Waals surface area contributed by atoms with Gasteiger partial charge in [-0.05, 0) is 91.1 Å². The molecule has 2 aromatic heterocycles. The molecular weight excluding hydrogens is 801 g/mol. The Morgan fingerprint density at radius 3 is 2.55 bits per heavy atom. The Morgan fingerprint density at radius 1 is 1.03 bits per heavy atom. The van der Waals surface area contributed by atoms with Crippen molar-refractivity contribution < 1.29 is 41.8 Å². The number of methoxy groups -OCH3 is 1. The molecule has 0 spiro atoms. The van der Waals surface area contributed by atoms with Crippen LogP contribution in [0.2, 0.25) is 5.02 Å². The van der Waals surface area contributed by atoms with Crippen molar-refractivity contribution in [2.75, 3.05) is 26.7 Å². The summed E-state index contributed by atoms with van der Waals surface area (Å²) in [5, 5.41) is 27.0. The van der Waals surface area contributed by atoms with E-state index in [-0.39, 0.29) is 36.1 Å². The Balaban J connectivity index is 0.993. The summed E-state index contributed by atoms with van der Waals surface area (Å²) in [4.78, 5) is 33.5. The molecule has 3 N–H and O–H groups in total. The van der Waals surface area contributed by atoms with Gasteiger partial charge in [-0.1, -0.05) is 41.9 Å². The molecule has 2 aliphatic heterocycles. The van der Waals surface area contributed by atoms with Gasteiger partial charge in [0.05, 0.1) is 23.6 Å². The fourth-order valence-corrected chi connectivity index (χ4v) is 9.71. The average molecular weight is 841 g/mol. The van der Waals surface area contributed by atoms with Crippen LogP contribution in [-0.2, 0) is 35.2 Å². The Morgan fingerprint density at radius 2 is 1.82 bits per heavy atom. The largest absolute Gasteiger partial charge is 0.481 e. The van der Waals surface area contributed by atoms with Crippen LogP contribution < -0.4 is 20.1 Å². The lowest BCUT2D eigenvalue weighted by Crippen LogP contribution is -2.35. The minimum Gasteiger partial charge on any atom is -0.481 e. The number of carboxylic acids is 1. The van der Waals surface area contributed by atoms with Gasteiger partial charge in [-0.25, -0.2) is 4.98 Å². The van der Waals surface area contributed by atoms with Gasteiger partial charge in [0.1, 0.15) is 23.6 Å². The first-order valence-corrected chi connectivity index (χ1v) is 20.4. The predicted octanol–water partition coefficient (Wildman–Crippen LogP) is 7.94. The molecule has 3 aromatic carbocycles. The minimum atomic E-state index is -4.87. The number of carbonyl (C=O) groups excluding carboxylic acids is 1. The van der Waals surface area contributed by atoms with Crippen LogP contribution in [0.15, 0.2) is 52.9 Å². The van der Waals surface area contributed by atoms with Gasteiger partial charge in [-0.15, -0.1) is 0 Å². The van der Waals surface area contributed by atoms with Crippen molar-refractivity contribution in [2.45, 2.75) is 75.9 Å². The Kier molecular flexibility index (Phi) is 10.4. The molecule has 0 bridgehead atoms. The number of carboxylic acid groups (broad SMARTS) is 1. The quantitative estimate of drug-likeness (QED) is 0.118. The number of halogens is 4. The Labute approximate surface area is 347 Å². The number of aliphatic carboxylic acids is 1. The number of aromatic nitrogens is 2. The maximum atomic E-state index is 14.5. The van der Waals surface area contributed by atoms with E-state index < -0.39 is 35.7 Å². The first kappa shape index (κ1) is 39.8. The number of nitrogens with zero attached hydrogens (tertiary/aromatic N) is 4. The number of likely N-dealkylation sites (tertiary alicyclic amines) is 1. The molecule has 0 saturated carbocycles. The maximum Gasteiger partial charge on any atom is 0.438 e. The van der Waals surface area contributed by atoms with Crippen molar-refractivity contribution >= 4 is 34.4 Å². The van der Waals surface area contributed by atoms with E-state index in [0.29, 0.717) is 96.8 Å². The summed E-state index contributed by atoms with van der Waals surface area (Å²) < 4.78 is 61.3. The van der Waals surface area contributed by atoms with E-state index in [1.54, 1.807) is 0 Å². The number of furan rings is 1. The molecule has 5 aromatic rings. The number of hydrogen-bond acceptors (Lipinski definition) is 10. The van der Waals surface area contributed by atoms with Gasteiger partial charge in [-0.3, -0.25) is 14.5 Å². The third kappa shape index (κ3) is 7.20. The molecule has 12 nitrogen and oxygen atoms in total. The molecule has 2 saturated heterocycles. The summed E-state index contributed by atoms with van der Waals surface area (Å²) in [6.07, 6.45) is -1.64. The number of fused-ring (bicyclic) bond motifs is 3. The van der Waals surface area contributed by atoms with Crippen molar-refractivity contribution in [3.05, 3.63) is 92.8 Å². The van der Waals surface area contributed by atoms with Crippen LogP contribution in [0.25, 0.3) is 33.4 Å². The monoisotopic (exact) mass is 840 g/mol. The van der Waals surface area contributed by atoms with Gasteiger partial charge in [0, 0.05) is 54.7 Å². The second-order valence-corrected chi connectivity index (χ2v) is 16.2. The van der Waals surface area contributed by atoms with Crippen LogP contribution in [0, 0.1) is 17.2 Å². The molecule has 4 aliphatic rings. The van der Waals surface area contributed by atoms with Gasteiger partial charge in [-0.2, -0.15) is 23.4 Å². The van der Waals surface area contributed by atoms with Crippen LogP contribution in [0.5, 0.6) is 11.8 Å². The number of benzene rings is 3. The number of nitrogens with one attached hydrogen (secondary N) is 2. The molecule has 2 fully saturated rings. The molecule has 2 aliphatic carbocycles. The standard InChI is InChI=1S/C44H40ClF3N6O6/c1-58-41-33(20-50-19-24-8-13-37(55)51-24)52-40(44(46,47)48)42(53-41)60-35-12-10-26-25(4-2-5-28(26)35)29-6-3-7-30(38(29)45)36-17-23-16-31-27(32(18-49)39(23)59-36)9-11-34(31)54-15-14-22(21-54)43(56)57/h2-7,16-17,22,24,34-35,50H,8-15,19-21H2,1H3,(H,51,55)(H,56,57)/t22-,24-,34-,35+/m1/s1. The molecular formula is C44H40ClF3N6O6. The zero-order valence-corrected chi connectivity index (χ0v) is 33.3. The summed E-state index contributed by atoms with van der Waals surface area (Å²) >= 11 is 7.20. The molecule has 0 unspecified atom stereocenters. The summed E-state index contributed by atoms with van der Waals surface area (Å²) in [7, 11) is 1.31. The first-order valence-electron chi connectivity index (χ1n) is 20.0. The highest BCUT2D eigenvalue weighted by atomic mass is 35.5. The fraction of sp³-hybridized carbons (Fsp3) is 0.386. The highest BCUT2D eigenvalue weighted by Crippen LogP contribution is 2.48. The van der Waals surface area contributed by atoms with E-state index in [2.05, 4.69) is 37.6 Å². The maximum absolute atomic E-state index is 14.5. The van der Waals surface area contributed by atoms with Crippen molar-refractivity contribution in [1.29, 1.82) is 5.26 Å². The molecule has 9 rings (SSSR count). The smallest absolute Gasteiger partial charge is 0.438 e. The second-order valence-electron chi connectivity index (χ2n) is 15.8. The molecule has 0 radical (unpaired) electrons. The fourth-order valence-electron chi connectivity index (χ4n) is 9.39. The van der Waals surface area contributed by atoms with E-state index in [4.69, 9.17) is 25.5 Å². The summed E-state index contributed by atoms with van der Waals surface area (Å²) in [5.41, 5.74) is 5.29. The van der Waals surface area contributed by atoms with E-state index >= 15 is 0 Å². The average Bonchev–Trinajstić information content (AvgIpc) is 4.08. The van der Waals surface area contributed by atoms with Gasteiger partial charge < -0.3 is 29.6 Å². The zero-order valence-electron chi connectivity index (χ0n) is 32.5. The highest BCUT2D eigenvalue weighted by molar-refractivity contribution is 6.36. The number of amides is 1. The molecule has 4 heterocycles. The Bertz CT molecular complexity index is 2590. The summed E-state index contributed by atoms with van der Waals surface area (Å²) in [5.74, 6) is -1.56. The van der Waals surface area contributed by atoms with Crippen molar-refractivity contribution in [1.82, 2.24) is 25.5 Å². The summed E-state index contributed by atoms with van der Waals surface area (Å²) in [6, 6.07) is 17.3. The van der Waals surface area contributed by atoms with E-state index in [1.807, 2.05) is 42.5 Å². The lowest BCUT2D eigenvalue weighted by Gasteiger charge is -2.24. The minimum absolute atomic E-state index is 0.0220. The van der Waals surface area contributed by atoms with Crippen molar-refractivity contribution in [2.24, 2.45) is 5.92 Å². The lowest BCUT2D eigenvalue weighted by atomic mass is 9.95. The number of alkyl halides is 3. The molecule has 310 valence electrons. The van der Waals surface area contributed by atoms with Crippen LogP contribution in [0.4, 0.5) is 13.2 Å². The van der Waals surface area contributed by atoms with Crippen molar-refractivity contribution in [3.8, 4) is 40.3 Å². The second kappa shape index (κ2) is 15.7. The Hall–Kier alpha value is -5.69. The summed E-state index contributed by atoms with van der Waals surface area (Å²) in [6.45, 7) is 1.45. The van der Waals surface area contributed by atoms with Crippen LogP contribution >= 0.6 is 11.6 Å². The first-order chi connectivity index (χ1) is 28.9. The van der Waals surface area contributed by atoms with Crippen LogP contribution in [-0.4, -0.2) is 64.6 Å². The normalized spacial score (nSPS) is 21.2. The number of carbonyl (C=O) groups is 2. The molecule has 16 heteroatoms. The number of hydrogen-bond donors (Lipinski definition) is 3. The third-order valence-corrected chi connectivity index (χ3v) is 12.7. The van der Waals surface area contributed by atoms with E-state index in [9.17, 15) is 33.1 Å². The third-order valence-electron chi connectivity index (χ3n) is 12.3. The van der Waals surface area contributed by atoms with E-state index in [1.165, 1.54) is 7.11 Å². The van der Waals surface area contributed by atoms with E-state index in [0.717, 1.165) is 34.1 Å². The van der Waals surface area contributed by atoms with Gasteiger partial charge >= 0.3 is 12.1 Å². The number of rotatable bonds is 11. The van der Waals surface area contributed by atoms with Crippen LogP contribution in [0.1, 0.15) is 83.5 Å². The SMILES string of the molecule is COc1nc(O[C@H]2CCc3c(-c4cccc(-c5cc6cc7c(c(C#N)c6o5)CC[C@H]7N5CC[C@@H](C(=O)O)C5)c4Cl)cccc32)c(C(F)(F)F)nc1CNC[C@H]1CCC(=O)N1. The number of ether oxygens (including phenoxy) is 2. The van der Waals surface area contributed by atoms with Crippen LogP contribution in [0.3, 0.4) is 0 Å². The van der Waals surface area contributed by atoms with Gasteiger partial charge in [0.15, 0.2) is 5.58 Å². The van der Waals surface area contributed by atoms with Gasteiger partial charge in [0.2, 0.25) is 23.4 Å². The van der Waals surface area contributed by atoms with Gasteiger partial charge in [0.25, 0.3) is 0 Å².